The number of Topliss-reactive ketones (excluding diaryl/α,β-unsaturated/α-hetero) is 1. The molecule has 0 aliphatic carbocycles. The van der Waals surface area contributed by atoms with Gasteiger partial charge in [0.25, 0.3) is 0 Å². The van der Waals surface area contributed by atoms with E-state index in [1.54, 1.807) is 0 Å². The first-order valence-corrected chi connectivity index (χ1v) is 4.78. The summed E-state index contributed by atoms with van der Waals surface area (Å²) < 4.78 is 37.7. The Morgan fingerprint density at radius 2 is 2.06 bits per heavy atom. The molecule has 1 N–H and O–H groups in total. The van der Waals surface area contributed by atoms with Crippen LogP contribution in [-0.4, -0.2) is 16.8 Å². The highest BCUT2D eigenvalue weighted by atomic mass is 35.5. The molecule has 1 aromatic carbocycles. The van der Waals surface area contributed by atoms with Crippen LogP contribution in [0.15, 0.2) is 12.1 Å². The van der Waals surface area contributed by atoms with E-state index in [2.05, 4.69) is 0 Å². The largest absolute Gasteiger partial charge is 0.507 e. The van der Waals surface area contributed by atoms with Gasteiger partial charge in [0.05, 0.1) is 11.4 Å². The minimum atomic E-state index is -4.83. The molecule has 90 valence electrons. The zero-order valence-electron chi connectivity index (χ0n) is 8.18. The summed E-state index contributed by atoms with van der Waals surface area (Å²) >= 11 is 5.20. The number of nitriles is 1. The Labute approximate surface area is 99.0 Å². The number of phenolic OH excluding ortho intramolecular Hbond substituents is 1. The molecule has 17 heavy (non-hydrogen) atoms. The quantitative estimate of drug-likeness (QED) is 0.659. The van der Waals surface area contributed by atoms with E-state index in [1.807, 2.05) is 0 Å². The predicted molar refractivity (Wildman–Crippen MR) is 52.9 cm³/mol. The normalized spacial score (nSPS) is 11.0. The van der Waals surface area contributed by atoms with Crippen molar-refractivity contribution in [2.45, 2.75) is 6.18 Å². The smallest absolute Gasteiger partial charge is 0.417 e. The molecule has 1 aromatic rings. The van der Waals surface area contributed by atoms with Crippen molar-refractivity contribution in [3.8, 4) is 11.8 Å². The van der Waals surface area contributed by atoms with E-state index in [1.165, 1.54) is 6.07 Å². The molecule has 1 rings (SSSR count). The number of hydrogen-bond donors (Lipinski definition) is 1. The number of halogens is 4. The van der Waals surface area contributed by atoms with Crippen molar-refractivity contribution in [1.82, 2.24) is 0 Å². The van der Waals surface area contributed by atoms with Gasteiger partial charge in [0.2, 0.25) is 0 Å². The van der Waals surface area contributed by atoms with Crippen LogP contribution in [0.5, 0.6) is 5.75 Å². The molecule has 0 fully saturated rings. The molecule has 0 heterocycles. The Balaban J connectivity index is 3.52. The third-order valence-corrected chi connectivity index (χ3v) is 2.22. The van der Waals surface area contributed by atoms with Crippen LogP contribution in [0.2, 0.25) is 0 Å². The molecular formula is C10H5ClF3NO2. The average molecular weight is 264 g/mol. The maximum atomic E-state index is 12.6. The van der Waals surface area contributed by atoms with Crippen LogP contribution in [0.25, 0.3) is 0 Å². The summed E-state index contributed by atoms with van der Waals surface area (Å²) in [6, 6.07) is 2.53. The van der Waals surface area contributed by atoms with Crippen molar-refractivity contribution in [3.05, 3.63) is 28.8 Å². The zero-order chi connectivity index (χ0) is 13.2. The van der Waals surface area contributed by atoms with Gasteiger partial charge in [-0.3, -0.25) is 4.79 Å². The Kier molecular flexibility index (Phi) is 3.63. The second-order valence-electron chi connectivity index (χ2n) is 3.08. The first kappa shape index (κ1) is 13.3. The number of carbonyl (C=O) groups is 1. The van der Waals surface area contributed by atoms with E-state index in [-0.39, 0.29) is 5.56 Å². The molecule has 0 bridgehead atoms. The number of alkyl halides is 4. The molecule has 0 unspecified atom stereocenters. The molecule has 7 heteroatoms. The first-order valence-electron chi connectivity index (χ1n) is 4.24. The summed E-state index contributed by atoms with van der Waals surface area (Å²) in [5.41, 5.74) is -2.65. The monoisotopic (exact) mass is 263 g/mol. The molecule has 0 aliphatic rings. The highest BCUT2D eigenvalue weighted by molar-refractivity contribution is 6.30. The number of aromatic hydroxyl groups is 1. The van der Waals surface area contributed by atoms with Gasteiger partial charge in [-0.2, -0.15) is 18.4 Å². The van der Waals surface area contributed by atoms with Gasteiger partial charge in [0.15, 0.2) is 5.78 Å². The Hall–Kier alpha value is -1.74. The minimum absolute atomic E-state index is 0.385. The van der Waals surface area contributed by atoms with Gasteiger partial charge in [-0.05, 0) is 12.1 Å². The van der Waals surface area contributed by atoms with E-state index >= 15 is 0 Å². The lowest BCUT2D eigenvalue weighted by Gasteiger charge is -2.11. The van der Waals surface area contributed by atoms with Crippen molar-refractivity contribution >= 4 is 17.4 Å². The van der Waals surface area contributed by atoms with Crippen molar-refractivity contribution in [2.75, 3.05) is 5.88 Å². The van der Waals surface area contributed by atoms with Gasteiger partial charge < -0.3 is 5.11 Å². The fraction of sp³-hybridized carbons (Fsp3) is 0.200. The second-order valence-corrected chi connectivity index (χ2v) is 3.35. The van der Waals surface area contributed by atoms with Crippen LogP contribution >= 0.6 is 11.6 Å². The fourth-order valence-corrected chi connectivity index (χ4v) is 1.36. The maximum absolute atomic E-state index is 12.6. The summed E-state index contributed by atoms with van der Waals surface area (Å²) in [6.07, 6.45) is -4.83. The lowest BCUT2D eigenvalue weighted by atomic mass is 10.0. The van der Waals surface area contributed by atoms with E-state index in [4.69, 9.17) is 16.9 Å². The molecular weight excluding hydrogens is 259 g/mol. The summed E-state index contributed by atoms with van der Waals surface area (Å²) in [7, 11) is 0. The number of rotatable bonds is 2. The van der Waals surface area contributed by atoms with Crippen molar-refractivity contribution in [2.24, 2.45) is 0 Å². The highest BCUT2D eigenvalue weighted by Crippen LogP contribution is 2.36. The van der Waals surface area contributed by atoms with Crippen LogP contribution in [-0.2, 0) is 6.18 Å². The molecule has 0 radical (unpaired) electrons. The first-order chi connectivity index (χ1) is 7.81. The van der Waals surface area contributed by atoms with Crippen molar-refractivity contribution in [1.29, 1.82) is 5.26 Å². The molecule has 0 saturated heterocycles. The predicted octanol–water partition coefficient (Wildman–Crippen LogP) is 2.70. The Morgan fingerprint density at radius 1 is 1.47 bits per heavy atom. The third-order valence-electron chi connectivity index (χ3n) is 1.98. The molecule has 0 amide bonds. The molecule has 3 nitrogen and oxygen atoms in total. The number of phenols is 1. The molecule has 0 spiro atoms. The standard InChI is InChI=1S/C10H5ClF3NO2/c11-3-9(17)5-1-7(10(12,13)14)6(4-15)8(16)2-5/h1-2,16H,3H2. The van der Waals surface area contributed by atoms with Gasteiger partial charge in [0, 0.05) is 5.56 Å². The Bertz CT molecular complexity index is 505. The molecule has 0 aliphatic heterocycles. The lowest BCUT2D eigenvalue weighted by Crippen LogP contribution is -2.11. The molecule has 0 aromatic heterocycles. The van der Waals surface area contributed by atoms with Crippen LogP contribution < -0.4 is 0 Å². The average Bonchev–Trinajstić information content (AvgIpc) is 2.25. The fourth-order valence-electron chi connectivity index (χ4n) is 1.21. The SMILES string of the molecule is N#Cc1c(O)cc(C(=O)CCl)cc1C(F)(F)F. The number of nitrogens with zero attached hydrogens (tertiary/aromatic N) is 1. The van der Waals surface area contributed by atoms with Gasteiger partial charge in [-0.25, -0.2) is 0 Å². The van der Waals surface area contributed by atoms with E-state index in [0.717, 1.165) is 6.07 Å². The van der Waals surface area contributed by atoms with Gasteiger partial charge in [-0.15, -0.1) is 11.6 Å². The second kappa shape index (κ2) is 4.63. The summed E-state index contributed by atoms with van der Waals surface area (Å²) in [6.45, 7) is 0. The Morgan fingerprint density at radius 3 is 2.47 bits per heavy atom. The van der Waals surface area contributed by atoms with E-state index in [0.29, 0.717) is 6.07 Å². The number of hydrogen-bond acceptors (Lipinski definition) is 3. The topological polar surface area (TPSA) is 61.1 Å². The number of ketones is 1. The zero-order valence-corrected chi connectivity index (χ0v) is 8.93. The van der Waals surface area contributed by atoms with Crippen LogP contribution in [0.4, 0.5) is 13.2 Å². The van der Waals surface area contributed by atoms with Crippen molar-refractivity contribution in [3.63, 3.8) is 0 Å². The summed E-state index contributed by atoms with van der Waals surface area (Å²) in [4.78, 5) is 11.2. The van der Waals surface area contributed by atoms with Crippen LogP contribution in [0, 0.1) is 11.3 Å². The van der Waals surface area contributed by atoms with Gasteiger partial charge in [-0.1, -0.05) is 0 Å². The summed E-state index contributed by atoms with van der Waals surface area (Å²) in [5, 5.41) is 17.8. The molecule has 0 saturated carbocycles. The van der Waals surface area contributed by atoms with Gasteiger partial charge in [0.1, 0.15) is 17.4 Å². The molecule has 0 atom stereocenters. The van der Waals surface area contributed by atoms with Crippen molar-refractivity contribution < 1.29 is 23.1 Å². The number of carbonyl (C=O) groups excluding carboxylic acids is 1. The minimum Gasteiger partial charge on any atom is -0.507 e. The van der Waals surface area contributed by atoms with Crippen LogP contribution in [0.3, 0.4) is 0 Å². The maximum Gasteiger partial charge on any atom is 0.417 e. The lowest BCUT2D eigenvalue weighted by molar-refractivity contribution is -0.137. The van der Waals surface area contributed by atoms with E-state index < -0.39 is 34.7 Å². The van der Waals surface area contributed by atoms with E-state index in [9.17, 15) is 23.1 Å². The van der Waals surface area contributed by atoms with Crippen LogP contribution in [0.1, 0.15) is 21.5 Å². The van der Waals surface area contributed by atoms with Gasteiger partial charge >= 0.3 is 6.18 Å². The third kappa shape index (κ3) is 2.68. The highest BCUT2D eigenvalue weighted by Gasteiger charge is 2.35. The number of benzene rings is 1. The summed E-state index contributed by atoms with van der Waals surface area (Å²) in [5.74, 6) is -2.17.